The van der Waals surface area contributed by atoms with Gasteiger partial charge in [-0.25, -0.2) is 4.79 Å². The predicted molar refractivity (Wildman–Crippen MR) is 101 cm³/mol. The van der Waals surface area contributed by atoms with E-state index in [0.717, 1.165) is 21.3 Å². The second-order valence-corrected chi connectivity index (χ2v) is 6.46. The van der Waals surface area contributed by atoms with Crippen molar-refractivity contribution in [3.8, 4) is 0 Å². The monoisotopic (exact) mass is 404 g/mol. The van der Waals surface area contributed by atoms with Crippen LogP contribution in [0.4, 0.5) is 10.5 Å². The summed E-state index contributed by atoms with van der Waals surface area (Å²) in [5, 5.41) is 5.48. The highest BCUT2D eigenvalue weighted by Gasteiger charge is 2.06. The molecule has 0 saturated carbocycles. The van der Waals surface area contributed by atoms with Crippen LogP contribution in [0.1, 0.15) is 24.0 Å². The van der Waals surface area contributed by atoms with Gasteiger partial charge in [0, 0.05) is 23.1 Å². The first-order valence-corrected chi connectivity index (χ1v) is 8.84. The molecule has 0 unspecified atom stereocenters. The Morgan fingerprint density at radius 1 is 1.12 bits per heavy atom. The maximum absolute atomic E-state index is 11.9. The lowest BCUT2D eigenvalue weighted by molar-refractivity contribution is -0.116. The normalized spacial score (nSPS) is 10.2. The van der Waals surface area contributed by atoms with Crippen molar-refractivity contribution in [3.63, 3.8) is 0 Å². The molecule has 0 aliphatic carbocycles. The Balaban J connectivity index is 1.61. The molecule has 2 amide bonds. The molecule has 2 rings (SSSR count). The minimum absolute atomic E-state index is 0.0822. The first kappa shape index (κ1) is 19.0. The average Bonchev–Trinajstić information content (AvgIpc) is 2.61. The van der Waals surface area contributed by atoms with Gasteiger partial charge in [0.25, 0.3) is 0 Å². The Kier molecular flexibility index (Phi) is 7.47. The Bertz CT molecular complexity index is 720. The Labute approximate surface area is 155 Å². The van der Waals surface area contributed by atoms with E-state index in [0.29, 0.717) is 19.4 Å². The number of benzene rings is 2. The molecular weight excluding hydrogens is 384 g/mol. The van der Waals surface area contributed by atoms with Crippen molar-refractivity contribution in [2.75, 3.05) is 11.9 Å². The van der Waals surface area contributed by atoms with E-state index in [1.165, 1.54) is 0 Å². The molecule has 0 atom stereocenters. The number of hydrogen-bond donors (Lipinski definition) is 2. The number of nitrogens with one attached hydrogen (secondary N) is 2. The Hall–Kier alpha value is -2.34. The number of carbonyl (C=O) groups excluding carboxylic acids is 2. The topological polar surface area (TPSA) is 67.4 Å². The average molecular weight is 405 g/mol. The first-order chi connectivity index (χ1) is 12.0. The molecule has 6 heteroatoms. The number of halogens is 1. The van der Waals surface area contributed by atoms with Crippen LogP contribution in [-0.4, -0.2) is 18.5 Å². The van der Waals surface area contributed by atoms with E-state index in [2.05, 4.69) is 26.6 Å². The van der Waals surface area contributed by atoms with E-state index in [1.54, 1.807) is 0 Å². The second-order valence-electron chi connectivity index (χ2n) is 5.60. The van der Waals surface area contributed by atoms with Gasteiger partial charge in [-0.3, -0.25) is 4.79 Å². The van der Waals surface area contributed by atoms with Crippen LogP contribution in [0.5, 0.6) is 0 Å². The molecule has 0 aliphatic rings. The predicted octanol–water partition coefficient (Wildman–Crippen LogP) is 4.40. The van der Waals surface area contributed by atoms with E-state index in [1.807, 2.05) is 55.5 Å². The summed E-state index contributed by atoms with van der Waals surface area (Å²) >= 11 is 3.42. The third kappa shape index (κ3) is 6.97. The number of alkyl carbamates (subject to hydrolysis) is 1. The minimum atomic E-state index is -0.479. The van der Waals surface area contributed by atoms with Crippen LogP contribution in [0.25, 0.3) is 0 Å². The number of ether oxygens (including phenoxy) is 1. The lowest BCUT2D eigenvalue weighted by Gasteiger charge is -2.08. The van der Waals surface area contributed by atoms with Crippen molar-refractivity contribution in [2.45, 2.75) is 26.4 Å². The van der Waals surface area contributed by atoms with E-state index >= 15 is 0 Å². The Morgan fingerprint density at radius 3 is 2.60 bits per heavy atom. The summed E-state index contributed by atoms with van der Waals surface area (Å²) in [4.78, 5) is 23.5. The molecule has 0 saturated heterocycles. The minimum Gasteiger partial charge on any atom is -0.445 e. The standard InChI is InChI=1S/C19H21BrN2O3/c1-14-12-16(9-10-17(14)20)22-18(23)8-5-11-21-19(24)25-13-15-6-3-2-4-7-15/h2-4,6-7,9-10,12H,5,8,11,13H2,1H3,(H,21,24)(H,22,23). The van der Waals surface area contributed by atoms with E-state index < -0.39 is 6.09 Å². The summed E-state index contributed by atoms with van der Waals surface area (Å²) in [7, 11) is 0. The van der Waals surface area contributed by atoms with Gasteiger partial charge in [-0.05, 0) is 42.7 Å². The number of carbonyl (C=O) groups is 2. The van der Waals surface area contributed by atoms with Crippen molar-refractivity contribution < 1.29 is 14.3 Å². The summed E-state index contributed by atoms with van der Waals surface area (Å²) in [6.45, 7) is 2.58. The molecule has 132 valence electrons. The highest BCUT2D eigenvalue weighted by Crippen LogP contribution is 2.20. The molecular formula is C19H21BrN2O3. The Morgan fingerprint density at radius 2 is 1.88 bits per heavy atom. The molecule has 0 fully saturated rings. The molecule has 0 spiro atoms. The van der Waals surface area contributed by atoms with Crippen molar-refractivity contribution in [1.82, 2.24) is 5.32 Å². The molecule has 0 bridgehead atoms. The molecule has 2 N–H and O–H groups in total. The van der Waals surface area contributed by atoms with Crippen LogP contribution in [0.3, 0.4) is 0 Å². The zero-order valence-corrected chi connectivity index (χ0v) is 15.6. The molecule has 2 aromatic carbocycles. The van der Waals surface area contributed by atoms with Crippen molar-refractivity contribution in [3.05, 3.63) is 64.1 Å². The van der Waals surface area contributed by atoms with Gasteiger partial charge >= 0.3 is 6.09 Å². The third-order valence-electron chi connectivity index (χ3n) is 3.50. The van der Waals surface area contributed by atoms with Crippen LogP contribution >= 0.6 is 15.9 Å². The SMILES string of the molecule is Cc1cc(NC(=O)CCCNC(=O)OCc2ccccc2)ccc1Br. The molecule has 0 radical (unpaired) electrons. The number of anilines is 1. The molecule has 5 nitrogen and oxygen atoms in total. The van der Waals surface area contributed by atoms with Gasteiger partial charge in [0.05, 0.1) is 0 Å². The fourth-order valence-electron chi connectivity index (χ4n) is 2.16. The first-order valence-electron chi connectivity index (χ1n) is 8.05. The molecule has 0 aromatic heterocycles. The summed E-state index contributed by atoms with van der Waals surface area (Å²) < 4.78 is 6.10. The van der Waals surface area contributed by atoms with Gasteiger partial charge in [-0.15, -0.1) is 0 Å². The smallest absolute Gasteiger partial charge is 0.407 e. The summed E-state index contributed by atoms with van der Waals surface area (Å²) in [5.74, 6) is -0.0822. The lowest BCUT2D eigenvalue weighted by Crippen LogP contribution is -2.26. The van der Waals surface area contributed by atoms with E-state index in [-0.39, 0.29) is 12.5 Å². The molecule has 0 aliphatic heterocycles. The van der Waals surface area contributed by atoms with Crippen LogP contribution < -0.4 is 10.6 Å². The van der Waals surface area contributed by atoms with Gasteiger partial charge in [0.2, 0.25) is 5.91 Å². The molecule has 0 heterocycles. The van der Waals surface area contributed by atoms with Crippen molar-refractivity contribution in [2.24, 2.45) is 0 Å². The van der Waals surface area contributed by atoms with Crippen LogP contribution in [0, 0.1) is 6.92 Å². The summed E-state index contributed by atoms with van der Waals surface area (Å²) in [6.07, 6.45) is 0.392. The second kappa shape index (κ2) is 9.84. The van der Waals surface area contributed by atoms with Crippen molar-refractivity contribution in [1.29, 1.82) is 0 Å². The fraction of sp³-hybridized carbons (Fsp3) is 0.263. The number of rotatable bonds is 7. The zero-order valence-electron chi connectivity index (χ0n) is 14.0. The summed E-state index contributed by atoms with van der Waals surface area (Å²) in [5.41, 5.74) is 2.75. The van der Waals surface area contributed by atoms with Crippen LogP contribution in [0.2, 0.25) is 0 Å². The van der Waals surface area contributed by atoms with E-state index in [9.17, 15) is 9.59 Å². The van der Waals surface area contributed by atoms with Crippen molar-refractivity contribution >= 4 is 33.6 Å². The zero-order chi connectivity index (χ0) is 18.1. The lowest BCUT2D eigenvalue weighted by atomic mass is 10.2. The van der Waals surface area contributed by atoms with E-state index in [4.69, 9.17) is 4.74 Å². The number of hydrogen-bond acceptors (Lipinski definition) is 3. The number of aryl methyl sites for hydroxylation is 1. The molecule has 25 heavy (non-hydrogen) atoms. The maximum Gasteiger partial charge on any atom is 0.407 e. The highest BCUT2D eigenvalue weighted by atomic mass is 79.9. The van der Waals surface area contributed by atoms with Gasteiger partial charge in [-0.2, -0.15) is 0 Å². The van der Waals surface area contributed by atoms with Gasteiger partial charge < -0.3 is 15.4 Å². The van der Waals surface area contributed by atoms with Gasteiger partial charge in [0.15, 0.2) is 0 Å². The number of amides is 2. The fourth-order valence-corrected chi connectivity index (χ4v) is 2.41. The largest absolute Gasteiger partial charge is 0.445 e. The van der Waals surface area contributed by atoms with Gasteiger partial charge in [0.1, 0.15) is 6.61 Å². The summed E-state index contributed by atoms with van der Waals surface area (Å²) in [6, 6.07) is 15.1. The van der Waals surface area contributed by atoms with Gasteiger partial charge in [-0.1, -0.05) is 46.3 Å². The highest BCUT2D eigenvalue weighted by molar-refractivity contribution is 9.10. The quantitative estimate of drug-likeness (QED) is 0.671. The van der Waals surface area contributed by atoms with Crippen LogP contribution in [-0.2, 0) is 16.1 Å². The third-order valence-corrected chi connectivity index (χ3v) is 4.39. The molecule has 2 aromatic rings. The maximum atomic E-state index is 11.9. The van der Waals surface area contributed by atoms with Crippen LogP contribution in [0.15, 0.2) is 53.0 Å².